The monoisotopic (exact) mass is 228 g/mol. The molecule has 1 aromatic carbocycles. The van der Waals surface area contributed by atoms with Crippen molar-refractivity contribution in [2.75, 3.05) is 5.32 Å². The number of nitriles is 1. The lowest BCUT2D eigenvalue weighted by Gasteiger charge is -2.09. The van der Waals surface area contributed by atoms with Crippen molar-refractivity contribution in [3.05, 3.63) is 29.3 Å². The van der Waals surface area contributed by atoms with Crippen molar-refractivity contribution in [2.24, 2.45) is 5.92 Å². The minimum Gasteiger partial charge on any atom is -0.381 e. The van der Waals surface area contributed by atoms with Crippen LogP contribution in [0.15, 0.2) is 18.2 Å². The molecule has 2 unspecified atom stereocenters. The SMILES string of the molecule is CCC1CC1Nc1cc(C(C)=O)ccc1C#N. The van der Waals surface area contributed by atoms with Crippen molar-refractivity contribution in [2.45, 2.75) is 32.7 Å². The number of ketones is 1. The molecule has 0 radical (unpaired) electrons. The smallest absolute Gasteiger partial charge is 0.159 e. The van der Waals surface area contributed by atoms with Crippen molar-refractivity contribution in [1.29, 1.82) is 5.26 Å². The lowest BCUT2D eigenvalue weighted by atomic mass is 10.1. The number of hydrogen-bond donors (Lipinski definition) is 1. The number of rotatable bonds is 4. The highest BCUT2D eigenvalue weighted by atomic mass is 16.1. The standard InChI is InChI=1S/C14H16N2O/c1-3-10-6-13(10)16-14-7-11(9(2)17)4-5-12(14)8-15/h4-5,7,10,13,16H,3,6H2,1-2H3. The summed E-state index contributed by atoms with van der Waals surface area (Å²) >= 11 is 0. The molecule has 1 aliphatic carbocycles. The van der Waals surface area contributed by atoms with E-state index in [-0.39, 0.29) is 5.78 Å². The number of benzene rings is 1. The first kappa shape index (κ1) is 11.7. The summed E-state index contributed by atoms with van der Waals surface area (Å²) in [4.78, 5) is 11.3. The molecule has 1 fully saturated rings. The highest BCUT2D eigenvalue weighted by Gasteiger charge is 2.35. The van der Waals surface area contributed by atoms with Crippen LogP contribution < -0.4 is 5.32 Å². The molecule has 0 aromatic heterocycles. The van der Waals surface area contributed by atoms with Crippen LogP contribution in [0.5, 0.6) is 0 Å². The van der Waals surface area contributed by atoms with E-state index in [0.29, 0.717) is 23.1 Å². The van der Waals surface area contributed by atoms with E-state index < -0.39 is 0 Å². The summed E-state index contributed by atoms with van der Waals surface area (Å²) in [5, 5.41) is 12.4. The van der Waals surface area contributed by atoms with Gasteiger partial charge < -0.3 is 5.32 Å². The number of nitrogens with zero attached hydrogens (tertiary/aromatic N) is 1. The third kappa shape index (κ3) is 2.47. The van der Waals surface area contributed by atoms with Gasteiger partial charge in [-0.25, -0.2) is 0 Å². The van der Waals surface area contributed by atoms with Crippen LogP contribution in [-0.4, -0.2) is 11.8 Å². The van der Waals surface area contributed by atoms with Gasteiger partial charge in [0.25, 0.3) is 0 Å². The number of carbonyl (C=O) groups excluding carboxylic acids is 1. The Morgan fingerprint density at radius 3 is 2.88 bits per heavy atom. The number of Topliss-reactive ketones (excluding diaryl/α,β-unsaturated/α-hetero) is 1. The van der Waals surface area contributed by atoms with Crippen LogP contribution in [0, 0.1) is 17.2 Å². The molecule has 2 atom stereocenters. The van der Waals surface area contributed by atoms with Crippen LogP contribution in [0.3, 0.4) is 0 Å². The summed E-state index contributed by atoms with van der Waals surface area (Å²) in [6.07, 6.45) is 2.32. The van der Waals surface area contributed by atoms with Gasteiger partial charge in [-0.2, -0.15) is 5.26 Å². The molecule has 88 valence electrons. The van der Waals surface area contributed by atoms with Crippen LogP contribution >= 0.6 is 0 Å². The fourth-order valence-corrected chi connectivity index (χ4v) is 2.06. The Labute approximate surface area is 101 Å². The average molecular weight is 228 g/mol. The highest BCUT2D eigenvalue weighted by molar-refractivity contribution is 5.95. The second-order valence-corrected chi connectivity index (χ2v) is 4.58. The Hall–Kier alpha value is -1.82. The van der Waals surface area contributed by atoms with Gasteiger partial charge in [-0.15, -0.1) is 0 Å². The van der Waals surface area contributed by atoms with Gasteiger partial charge in [0.2, 0.25) is 0 Å². The minimum atomic E-state index is 0.0281. The van der Waals surface area contributed by atoms with Crippen LogP contribution in [-0.2, 0) is 0 Å². The van der Waals surface area contributed by atoms with Crippen molar-refractivity contribution >= 4 is 11.5 Å². The number of carbonyl (C=O) groups is 1. The molecular weight excluding hydrogens is 212 g/mol. The number of hydrogen-bond acceptors (Lipinski definition) is 3. The first-order valence-electron chi connectivity index (χ1n) is 5.97. The number of anilines is 1. The quantitative estimate of drug-likeness (QED) is 0.806. The fourth-order valence-electron chi connectivity index (χ4n) is 2.06. The van der Waals surface area contributed by atoms with Crippen molar-refractivity contribution in [1.82, 2.24) is 0 Å². The highest BCUT2D eigenvalue weighted by Crippen LogP contribution is 2.36. The van der Waals surface area contributed by atoms with E-state index in [4.69, 9.17) is 5.26 Å². The molecule has 1 aliphatic rings. The van der Waals surface area contributed by atoms with Gasteiger partial charge in [-0.05, 0) is 37.5 Å². The molecular formula is C14H16N2O. The molecule has 3 heteroatoms. The summed E-state index contributed by atoms with van der Waals surface area (Å²) in [7, 11) is 0. The molecule has 0 heterocycles. The zero-order valence-corrected chi connectivity index (χ0v) is 10.2. The van der Waals surface area contributed by atoms with Crippen LogP contribution in [0.2, 0.25) is 0 Å². The van der Waals surface area contributed by atoms with Gasteiger partial charge >= 0.3 is 0 Å². The summed E-state index contributed by atoms with van der Waals surface area (Å²) in [6.45, 7) is 3.71. The van der Waals surface area contributed by atoms with Crippen LogP contribution in [0.1, 0.15) is 42.6 Å². The maximum absolute atomic E-state index is 11.3. The maximum atomic E-state index is 11.3. The molecule has 0 spiro atoms. The van der Waals surface area contributed by atoms with Gasteiger partial charge in [-0.1, -0.05) is 13.3 Å². The molecule has 2 rings (SSSR count). The summed E-state index contributed by atoms with van der Waals surface area (Å²) in [6, 6.07) is 7.82. The van der Waals surface area contributed by atoms with E-state index in [1.807, 2.05) is 0 Å². The van der Waals surface area contributed by atoms with Crippen LogP contribution in [0.25, 0.3) is 0 Å². The first-order chi connectivity index (χ1) is 8.15. The van der Waals surface area contributed by atoms with Crippen LogP contribution in [0.4, 0.5) is 5.69 Å². The van der Waals surface area contributed by atoms with Crippen molar-refractivity contribution < 1.29 is 4.79 Å². The lowest BCUT2D eigenvalue weighted by molar-refractivity contribution is 0.101. The second kappa shape index (κ2) is 4.58. The van der Waals surface area contributed by atoms with E-state index in [2.05, 4.69) is 18.3 Å². The second-order valence-electron chi connectivity index (χ2n) is 4.58. The molecule has 3 nitrogen and oxygen atoms in total. The Morgan fingerprint density at radius 1 is 1.59 bits per heavy atom. The molecule has 0 amide bonds. The van der Waals surface area contributed by atoms with E-state index in [1.54, 1.807) is 18.2 Å². The number of nitrogens with one attached hydrogen (secondary N) is 1. The summed E-state index contributed by atoms with van der Waals surface area (Å²) in [5.74, 6) is 0.739. The predicted molar refractivity (Wildman–Crippen MR) is 67.0 cm³/mol. The zero-order chi connectivity index (χ0) is 12.4. The third-order valence-corrected chi connectivity index (χ3v) is 3.33. The maximum Gasteiger partial charge on any atom is 0.159 e. The first-order valence-corrected chi connectivity index (χ1v) is 5.97. The molecule has 1 N–H and O–H groups in total. The average Bonchev–Trinajstić information content (AvgIpc) is 3.07. The fraction of sp³-hybridized carbons (Fsp3) is 0.429. The molecule has 0 bridgehead atoms. The molecule has 17 heavy (non-hydrogen) atoms. The van der Waals surface area contributed by atoms with Gasteiger partial charge in [-0.3, -0.25) is 4.79 Å². The minimum absolute atomic E-state index is 0.0281. The largest absolute Gasteiger partial charge is 0.381 e. The Morgan fingerprint density at radius 2 is 2.35 bits per heavy atom. The van der Waals surface area contributed by atoms with Gasteiger partial charge in [0.1, 0.15) is 6.07 Å². The zero-order valence-electron chi connectivity index (χ0n) is 10.2. The van der Waals surface area contributed by atoms with E-state index in [9.17, 15) is 4.79 Å². The Balaban J connectivity index is 2.21. The third-order valence-electron chi connectivity index (χ3n) is 3.33. The Kier molecular flexibility index (Phi) is 3.14. The van der Waals surface area contributed by atoms with Crippen molar-refractivity contribution in [3.8, 4) is 6.07 Å². The molecule has 1 saturated carbocycles. The van der Waals surface area contributed by atoms with Gasteiger partial charge in [0.15, 0.2) is 5.78 Å². The predicted octanol–water partition coefficient (Wildman–Crippen LogP) is 2.97. The summed E-state index contributed by atoms with van der Waals surface area (Å²) in [5.41, 5.74) is 2.05. The molecule has 1 aromatic rings. The normalized spacial score (nSPS) is 21.7. The molecule has 0 aliphatic heterocycles. The van der Waals surface area contributed by atoms with Gasteiger partial charge in [0, 0.05) is 11.6 Å². The van der Waals surface area contributed by atoms with Gasteiger partial charge in [0.05, 0.1) is 11.3 Å². The Bertz CT molecular complexity index is 487. The van der Waals surface area contributed by atoms with E-state index in [0.717, 1.165) is 18.5 Å². The lowest BCUT2D eigenvalue weighted by Crippen LogP contribution is -2.07. The van der Waals surface area contributed by atoms with E-state index in [1.165, 1.54) is 6.92 Å². The van der Waals surface area contributed by atoms with Crippen molar-refractivity contribution in [3.63, 3.8) is 0 Å². The molecule has 0 saturated heterocycles. The van der Waals surface area contributed by atoms with E-state index >= 15 is 0 Å². The topological polar surface area (TPSA) is 52.9 Å². The summed E-state index contributed by atoms with van der Waals surface area (Å²) < 4.78 is 0.